The molecule has 1 N–H and O–H groups in total. The van der Waals surface area contributed by atoms with E-state index in [0.717, 1.165) is 12.0 Å². The van der Waals surface area contributed by atoms with E-state index in [0.29, 0.717) is 23.8 Å². The molecule has 1 heterocycles. The van der Waals surface area contributed by atoms with Crippen molar-refractivity contribution in [2.24, 2.45) is 0 Å². The van der Waals surface area contributed by atoms with Gasteiger partial charge in [-0.2, -0.15) is 0 Å². The molecule has 22 heavy (non-hydrogen) atoms. The summed E-state index contributed by atoms with van der Waals surface area (Å²) in [6.07, 6.45) is 2.23. The number of benzene rings is 1. The summed E-state index contributed by atoms with van der Waals surface area (Å²) < 4.78 is 20.7. The first-order chi connectivity index (χ1) is 10.6. The molecule has 0 saturated carbocycles. The highest BCUT2D eigenvalue weighted by atomic mass is 16.5. The lowest BCUT2D eigenvalue weighted by Gasteiger charge is -2.18. The second-order valence-electron chi connectivity index (χ2n) is 4.65. The highest BCUT2D eigenvalue weighted by molar-refractivity contribution is 5.53. The summed E-state index contributed by atoms with van der Waals surface area (Å²) in [4.78, 5) is 1.49. The number of nitrogens with one attached hydrogen (secondary N) is 1. The van der Waals surface area contributed by atoms with Gasteiger partial charge >= 0.3 is 0 Å². The molecule has 0 fully saturated rings. The lowest BCUT2D eigenvalue weighted by Crippen LogP contribution is -2.58. The van der Waals surface area contributed by atoms with Crippen LogP contribution < -0.4 is 34.8 Å². The van der Waals surface area contributed by atoms with E-state index in [1.54, 1.807) is 21.3 Å². The van der Waals surface area contributed by atoms with Crippen molar-refractivity contribution in [1.82, 2.24) is 5.27 Å². The number of aromatic nitrogens is 2. The monoisotopic (exact) mass is 308 g/mol. The van der Waals surface area contributed by atoms with Crippen LogP contribution in [0.1, 0.15) is 5.56 Å². The Balaban J connectivity index is 2.14. The number of hydrogen-bond acceptors (Lipinski definition) is 6. The molecular formula is C14H20N4O4. The summed E-state index contributed by atoms with van der Waals surface area (Å²) in [6.45, 7) is 0.676. The molecule has 0 saturated heterocycles. The Morgan fingerprint density at radius 2 is 1.82 bits per heavy atom. The Kier molecular flexibility index (Phi) is 4.92. The smallest absolute Gasteiger partial charge is 0.286 e. The molecule has 8 heteroatoms. The van der Waals surface area contributed by atoms with E-state index < -0.39 is 0 Å². The highest BCUT2D eigenvalue weighted by Crippen LogP contribution is 2.38. The summed E-state index contributed by atoms with van der Waals surface area (Å²) in [6, 6.07) is 3.83. The number of ether oxygens (including phenoxy) is 3. The van der Waals surface area contributed by atoms with Gasteiger partial charge in [0.15, 0.2) is 11.5 Å². The predicted octanol–water partition coefficient (Wildman–Crippen LogP) is -0.160. The van der Waals surface area contributed by atoms with Gasteiger partial charge in [0.05, 0.1) is 21.3 Å². The maximum Gasteiger partial charge on any atom is 0.286 e. The van der Waals surface area contributed by atoms with Gasteiger partial charge in [-0.05, 0) is 36.4 Å². The predicted molar refractivity (Wildman–Crippen MR) is 76.9 cm³/mol. The van der Waals surface area contributed by atoms with Crippen molar-refractivity contribution in [3.8, 4) is 17.2 Å². The van der Waals surface area contributed by atoms with Gasteiger partial charge in [-0.3, -0.25) is 10.4 Å². The van der Waals surface area contributed by atoms with E-state index in [1.807, 2.05) is 24.2 Å². The van der Waals surface area contributed by atoms with Crippen molar-refractivity contribution in [3.05, 3.63) is 29.4 Å². The molecule has 0 atom stereocenters. The van der Waals surface area contributed by atoms with E-state index in [4.69, 9.17) is 24.1 Å². The maximum atomic E-state index is 7.33. The van der Waals surface area contributed by atoms with E-state index >= 15 is 0 Å². The summed E-state index contributed by atoms with van der Waals surface area (Å²) >= 11 is 0. The number of methoxy groups -OCH3 is 3. The number of nitrogens with zero attached hydrogens (tertiary/aromatic N) is 3. The Bertz CT molecular complexity index is 654. The molecule has 0 unspecified atom stereocenters. The van der Waals surface area contributed by atoms with Crippen LogP contribution in [0.3, 0.4) is 0 Å². The first kappa shape index (κ1) is 15.7. The fourth-order valence-corrected chi connectivity index (χ4v) is 2.07. The Hall–Kier alpha value is -2.64. The van der Waals surface area contributed by atoms with Crippen molar-refractivity contribution in [1.29, 1.82) is 5.41 Å². The Labute approximate surface area is 128 Å². The molecule has 120 valence electrons. The van der Waals surface area contributed by atoms with Gasteiger partial charge in [0.25, 0.3) is 11.8 Å². The van der Waals surface area contributed by atoms with Gasteiger partial charge in [0, 0.05) is 6.54 Å². The second kappa shape index (κ2) is 6.88. The SMILES string of the molecule is COc1cc(CCN(C)[n+]2cc(=N)o[n-]2)cc(OC)c1OC. The molecule has 1 aromatic carbocycles. The fraction of sp³-hybridized carbons (Fsp3) is 0.429. The Morgan fingerprint density at radius 1 is 1.18 bits per heavy atom. The zero-order chi connectivity index (χ0) is 16.1. The zero-order valence-electron chi connectivity index (χ0n) is 13.1. The summed E-state index contributed by atoms with van der Waals surface area (Å²) in [5, 5.41) is 12.9. The third-order valence-corrected chi connectivity index (χ3v) is 3.25. The van der Waals surface area contributed by atoms with Gasteiger partial charge in [-0.1, -0.05) is 4.79 Å². The number of hydrogen-bond donors (Lipinski definition) is 1. The first-order valence-corrected chi connectivity index (χ1v) is 6.69. The van der Waals surface area contributed by atoms with Crippen LogP contribution in [0.25, 0.3) is 0 Å². The maximum absolute atomic E-state index is 7.33. The van der Waals surface area contributed by atoms with Crippen LogP contribution in [0.2, 0.25) is 0 Å². The molecule has 0 amide bonds. The number of likely N-dealkylation sites (N-methyl/N-ethyl adjacent to an activating group) is 1. The van der Waals surface area contributed by atoms with E-state index in [2.05, 4.69) is 5.27 Å². The summed E-state index contributed by atoms with van der Waals surface area (Å²) in [5.41, 5.74) is 1.05. The van der Waals surface area contributed by atoms with Crippen molar-refractivity contribution < 1.29 is 23.5 Å². The molecule has 2 aromatic rings. The second-order valence-corrected chi connectivity index (χ2v) is 4.65. The van der Waals surface area contributed by atoms with Gasteiger partial charge in [-0.15, -0.1) is 0 Å². The molecule has 0 bridgehead atoms. The molecule has 1 aromatic heterocycles. The quantitative estimate of drug-likeness (QED) is 0.715. The molecule has 8 nitrogen and oxygen atoms in total. The minimum absolute atomic E-state index is 0.0136. The van der Waals surface area contributed by atoms with Gasteiger partial charge in [-0.25, -0.2) is 0 Å². The van der Waals surface area contributed by atoms with Crippen LogP contribution in [-0.4, -0.2) is 34.9 Å². The summed E-state index contributed by atoms with van der Waals surface area (Å²) in [5.74, 6) is 1.83. The standard InChI is InChI=1S/C14H20N4O4/c1-17(18-9-13(15)22-16-18)6-5-10-7-11(19-2)14(21-4)12(8-10)20-3/h7-9,15H,5-6H2,1-4H3. The first-order valence-electron chi connectivity index (χ1n) is 6.69. The average Bonchev–Trinajstić information content (AvgIpc) is 2.97. The van der Waals surface area contributed by atoms with Crippen LogP contribution >= 0.6 is 0 Å². The third kappa shape index (κ3) is 3.33. The van der Waals surface area contributed by atoms with Crippen molar-refractivity contribution in [2.75, 3.05) is 39.9 Å². The van der Waals surface area contributed by atoms with Gasteiger partial charge < -0.3 is 18.7 Å². The Morgan fingerprint density at radius 3 is 2.27 bits per heavy atom. The van der Waals surface area contributed by atoms with Crippen molar-refractivity contribution >= 4 is 0 Å². The molecule has 0 spiro atoms. The van der Waals surface area contributed by atoms with Crippen LogP contribution in [0.5, 0.6) is 17.2 Å². The van der Waals surface area contributed by atoms with Crippen LogP contribution in [0.15, 0.2) is 22.9 Å². The van der Waals surface area contributed by atoms with E-state index in [-0.39, 0.29) is 5.55 Å². The molecule has 0 radical (unpaired) electrons. The highest BCUT2D eigenvalue weighted by Gasteiger charge is 2.13. The zero-order valence-corrected chi connectivity index (χ0v) is 13.1. The van der Waals surface area contributed by atoms with Gasteiger partial charge in [0.2, 0.25) is 5.75 Å². The summed E-state index contributed by atoms with van der Waals surface area (Å²) in [7, 11) is 6.62. The molecule has 0 aliphatic heterocycles. The van der Waals surface area contributed by atoms with Crippen LogP contribution in [-0.2, 0) is 6.42 Å². The third-order valence-electron chi connectivity index (χ3n) is 3.25. The largest absolute Gasteiger partial charge is 0.493 e. The van der Waals surface area contributed by atoms with Crippen LogP contribution in [0.4, 0.5) is 0 Å². The molecule has 0 aliphatic carbocycles. The van der Waals surface area contributed by atoms with Crippen molar-refractivity contribution in [3.63, 3.8) is 0 Å². The van der Waals surface area contributed by atoms with Crippen molar-refractivity contribution in [2.45, 2.75) is 6.42 Å². The topological polar surface area (TPSA) is 85.9 Å². The van der Waals surface area contributed by atoms with E-state index in [1.165, 1.54) is 11.0 Å². The molecule has 0 aliphatic rings. The minimum atomic E-state index is 0.0136. The lowest BCUT2D eigenvalue weighted by molar-refractivity contribution is -0.761. The number of rotatable bonds is 7. The lowest BCUT2D eigenvalue weighted by atomic mass is 10.1. The minimum Gasteiger partial charge on any atom is -0.493 e. The fourth-order valence-electron chi connectivity index (χ4n) is 2.07. The van der Waals surface area contributed by atoms with E-state index in [9.17, 15) is 0 Å². The molecular weight excluding hydrogens is 288 g/mol. The average molecular weight is 308 g/mol. The van der Waals surface area contributed by atoms with Crippen LogP contribution in [0, 0.1) is 5.41 Å². The molecule has 2 rings (SSSR count). The van der Waals surface area contributed by atoms with Gasteiger partial charge in [0.1, 0.15) is 0 Å². The normalized spacial score (nSPS) is 10.4.